The van der Waals surface area contributed by atoms with Crippen LogP contribution in [-0.4, -0.2) is 26.3 Å². The van der Waals surface area contributed by atoms with Gasteiger partial charge in [0.05, 0.1) is 0 Å². The minimum Gasteiger partial charge on any atom is -0.461 e. The zero-order valence-corrected chi connectivity index (χ0v) is 14.3. The lowest BCUT2D eigenvalue weighted by Crippen LogP contribution is -2.32. The molecule has 0 saturated heterocycles. The predicted octanol–water partition coefficient (Wildman–Crippen LogP) is 2.90. The maximum Gasteiger partial charge on any atom is 0.328 e. The highest BCUT2D eigenvalue weighted by Gasteiger charge is 2.20. The normalized spacial score (nSPS) is 16.0. The minimum atomic E-state index is -0.381. The molecule has 4 rings (SSSR count). The Morgan fingerprint density at radius 1 is 1.38 bits per heavy atom. The highest BCUT2D eigenvalue weighted by atomic mass is 32.1. The van der Waals surface area contributed by atoms with Crippen LogP contribution in [0.15, 0.2) is 22.3 Å². The molecule has 0 atom stereocenters. The first kappa shape index (κ1) is 15.4. The van der Waals surface area contributed by atoms with E-state index in [1.54, 1.807) is 11.3 Å². The zero-order valence-electron chi connectivity index (χ0n) is 13.5. The Hall–Kier alpha value is -2.15. The van der Waals surface area contributed by atoms with Crippen LogP contribution in [0.5, 0.6) is 0 Å². The third-order valence-corrected chi connectivity index (χ3v) is 5.50. The smallest absolute Gasteiger partial charge is 0.328 e. The summed E-state index contributed by atoms with van der Waals surface area (Å²) in [7, 11) is 0. The number of rotatable bonds is 3. The van der Waals surface area contributed by atoms with E-state index in [0.717, 1.165) is 35.9 Å². The molecule has 0 amide bonds. The molecule has 3 aromatic rings. The molecule has 0 N–H and O–H groups in total. The topological polar surface area (TPSA) is 65.6 Å². The van der Waals surface area contributed by atoms with Gasteiger partial charge in [-0.05, 0) is 50.1 Å². The molecule has 0 unspecified atom stereocenters. The number of nitrogens with zero attached hydrogens (tertiary/aromatic N) is 3. The number of esters is 1. The van der Waals surface area contributed by atoms with E-state index in [4.69, 9.17) is 4.74 Å². The third kappa shape index (κ3) is 2.62. The summed E-state index contributed by atoms with van der Waals surface area (Å²) in [5.74, 6) is 0.307. The van der Waals surface area contributed by atoms with Gasteiger partial charge in [0.2, 0.25) is 0 Å². The number of hydrogen-bond acceptors (Lipinski definition) is 5. The number of carbonyl (C=O) groups is 1. The van der Waals surface area contributed by atoms with Crippen molar-refractivity contribution in [3.63, 3.8) is 0 Å². The highest BCUT2D eigenvalue weighted by molar-refractivity contribution is 7.16. The molecule has 1 aliphatic rings. The zero-order chi connectivity index (χ0) is 16.7. The monoisotopic (exact) mass is 345 g/mol. The second kappa shape index (κ2) is 6.05. The Bertz CT molecular complexity index is 963. The van der Waals surface area contributed by atoms with E-state index < -0.39 is 0 Å². The van der Waals surface area contributed by atoms with Crippen LogP contribution in [0.2, 0.25) is 0 Å². The number of hydrogen-bond donors (Lipinski definition) is 0. The van der Waals surface area contributed by atoms with Gasteiger partial charge in [-0.25, -0.2) is 4.68 Å². The van der Waals surface area contributed by atoms with Gasteiger partial charge in [-0.3, -0.25) is 14.0 Å². The van der Waals surface area contributed by atoms with Crippen molar-refractivity contribution in [3.8, 4) is 0 Å². The van der Waals surface area contributed by atoms with Crippen molar-refractivity contribution < 1.29 is 9.53 Å². The number of aromatic nitrogens is 3. The van der Waals surface area contributed by atoms with Gasteiger partial charge in [0.15, 0.2) is 0 Å². The van der Waals surface area contributed by atoms with Gasteiger partial charge < -0.3 is 4.74 Å². The molecule has 1 fully saturated rings. The SMILES string of the molecule is Cc1nn(CC(=O)OC2CCCCC2)c(=O)c2cc3ccsc3n12. The largest absolute Gasteiger partial charge is 0.461 e. The van der Waals surface area contributed by atoms with E-state index in [1.165, 1.54) is 11.1 Å². The summed E-state index contributed by atoms with van der Waals surface area (Å²) in [4.78, 5) is 25.8. The summed E-state index contributed by atoms with van der Waals surface area (Å²) >= 11 is 1.57. The van der Waals surface area contributed by atoms with Gasteiger partial charge >= 0.3 is 5.97 Å². The number of ether oxygens (including phenoxy) is 1. The number of fused-ring (bicyclic) bond motifs is 3. The van der Waals surface area contributed by atoms with Crippen LogP contribution in [0.25, 0.3) is 15.7 Å². The Morgan fingerprint density at radius 2 is 2.17 bits per heavy atom. The van der Waals surface area contributed by atoms with Gasteiger partial charge in [-0.2, -0.15) is 5.10 Å². The molecule has 1 saturated carbocycles. The second-order valence-electron chi connectivity index (χ2n) is 6.31. The Morgan fingerprint density at radius 3 is 2.96 bits per heavy atom. The highest BCUT2D eigenvalue weighted by Crippen LogP contribution is 2.24. The molecule has 3 heterocycles. The fourth-order valence-electron chi connectivity index (χ4n) is 3.44. The molecular weight excluding hydrogens is 326 g/mol. The van der Waals surface area contributed by atoms with Crippen molar-refractivity contribution in [2.75, 3.05) is 0 Å². The van der Waals surface area contributed by atoms with E-state index in [9.17, 15) is 9.59 Å². The summed E-state index contributed by atoms with van der Waals surface area (Å²) < 4.78 is 8.58. The molecule has 0 radical (unpaired) electrons. The fourth-order valence-corrected chi connectivity index (χ4v) is 4.38. The lowest BCUT2D eigenvalue weighted by molar-refractivity contribution is -0.151. The Kier molecular flexibility index (Phi) is 3.88. The molecule has 126 valence electrons. The van der Waals surface area contributed by atoms with Crippen LogP contribution < -0.4 is 5.56 Å². The van der Waals surface area contributed by atoms with Crippen LogP contribution >= 0.6 is 11.3 Å². The van der Waals surface area contributed by atoms with Gasteiger partial charge in [-0.1, -0.05) is 6.42 Å². The molecule has 1 aliphatic carbocycles. The molecular formula is C17H19N3O3S. The first-order chi connectivity index (χ1) is 11.6. The molecule has 0 spiro atoms. The first-order valence-corrected chi connectivity index (χ1v) is 9.17. The van der Waals surface area contributed by atoms with Crippen LogP contribution in [0.4, 0.5) is 0 Å². The minimum absolute atomic E-state index is 0.00887. The van der Waals surface area contributed by atoms with Gasteiger partial charge in [0.25, 0.3) is 5.56 Å². The Balaban J connectivity index is 1.63. The first-order valence-electron chi connectivity index (χ1n) is 8.29. The third-order valence-electron chi connectivity index (χ3n) is 4.58. The van der Waals surface area contributed by atoms with Crippen molar-refractivity contribution in [1.82, 2.24) is 14.2 Å². The summed E-state index contributed by atoms with van der Waals surface area (Å²) in [6.45, 7) is 1.71. The fraction of sp³-hybridized carbons (Fsp3) is 0.471. The summed E-state index contributed by atoms with van der Waals surface area (Å²) in [5, 5.41) is 7.32. The number of thiophene rings is 1. The van der Waals surface area contributed by atoms with E-state index in [2.05, 4.69) is 5.10 Å². The van der Waals surface area contributed by atoms with Crippen molar-refractivity contribution in [1.29, 1.82) is 0 Å². The van der Waals surface area contributed by atoms with Crippen LogP contribution in [0.1, 0.15) is 37.9 Å². The van der Waals surface area contributed by atoms with Gasteiger partial charge in [0, 0.05) is 5.39 Å². The van der Waals surface area contributed by atoms with E-state index in [0.29, 0.717) is 11.3 Å². The van der Waals surface area contributed by atoms with Crippen LogP contribution in [0, 0.1) is 6.92 Å². The molecule has 3 aromatic heterocycles. The van der Waals surface area contributed by atoms with Crippen LogP contribution in [0.3, 0.4) is 0 Å². The van der Waals surface area contributed by atoms with Gasteiger partial charge in [-0.15, -0.1) is 11.3 Å². The standard InChI is InChI=1S/C17H19N3O3S/c1-11-18-19(10-15(21)23-13-5-3-2-4-6-13)16(22)14-9-12-7-8-24-17(12)20(11)14/h7-9,13H,2-6,10H2,1H3. The average Bonchev–Trinajstić information content (AvgIpc) is 3.14. The molecule has 24 heavy (non-hydrogen) atoms. The maximum atomic E-state index is 12.7. The second-order valence-corrected chi connectivity index (χ2v) is 7.20. The lowest BCUT2D eigenvalue weighted by atomic mass is 9.98. The number of aryl methyl sites for hydroxylation is 1. The van der Waals surface area contributed by atoms with Gasteiger partial charge in [0.1, 0.15) is 28.8 Å². The molecule has 0 aromatic carbocycles. The predicted molar refractivity (Wildman–Crippen MR) is 92.5 cm³/mol. The molecule has 0 bridgehead atoms. The van der Waals surface area contributed by atoms with Crippen LogP contribution in [-0.2, 0) is 16.1 Å². The van der Waals surface area contributed by atoms with Crippen molar-refractivity contribution in [2.45, 2.75) is 51.7 Å². The summed E-state index contributed by atoms with van der Waals surface area (Å²) in [6, 6.07) is 3.83. The molecule has 6 nitrogen and oxygen atoms in total. The average molecular weight is 345 g/mol. The van der Waals surface area contributed by atoms with Crippen molar-refractivity contribution in [2.24, 2.45) is 0 Å². The van der Waals surface area contributed by atoms with Crippen molar-refractivity contribution in [3.05, 3.63) is 33.7 Å². The van der Waals surface area contributed by atoms with Crippen molar-refractivity contribution >= 4 is 33.0 Å². The summed E-state index contributed by atoms with van der Waals surface area (Å²) in [5.41, 5.74) is 0.291. The molecule has 0 aliphatic heterocycles. The Labute approximate surface area is 142 Å². The van der Waals surface area contributed by atoms with E-state index >= 15 is 0 Å². The van der Waals surface area contributed by atoms with E-state index in [1.807, 2.05) is 28.8 Å². The quantitative estimate of drug-likeness (QED) is 0.685. The lowest BCUT2D eigenvalue weighted by Gasteiger charge is -2.21. The summed E-state index contributed by atoms with van der Waals surface area (Å²) in [6.07, 6.45) is 5.23. The molecule has 7 heteroatoms. The maximum absolute atomic E-state index is 12.7. The van der Waals surface area contributed by atoms with E-state index in [-0.39, 0.29) is 24.2 Å². The number of carbonyl (C=O) groups excluding carboxylic acids is 1.